The Morgan fingerprint density at radius 2 is 1.86 bits per heavy atom. The first-order chi connectivity index (χ1) is 17.1. The van der Waals surface area contributed by atoms with Crippen molar-refractivity contribution in [2.75, 3.05) is 45.0 Å². The van der Waals surface area contributed by atoms with Crippen LogP contribution in [-0.4, -0.2) is 76.1 Å². The van der Waals surface area contributed by atoms with Crippen molar-refractivity contribution in [2.24, 2.45) is 5.10 Å². The number of fused-ring (bicyclic) bond motifs is 1. The fourth-order valence-corrected chi connectivity index (χ4v) is 7.00. The van der Waals surface area contributed by atoms with Crippen LogP contribution in [0.3, 0.4) is 0 Å². The fraction of sp³-hybridized carbons (Fsp3) is 0.440. The highest BCUT2D eigenvalue weighted by molar-refractivity contribution is 7.94. The number of hydrogen-bond acceptors (Lipinski definition) is 7. The zero-order chi connectivity index (χ0) is 25.8. The molecule has 2 fully saturated rings. The van der Waals surface area contributed by atoms with Crippen molar-refractivity contribution in [1.29, 1.82) is 0 Å². The van der Waals surface area contributed by atoms with Crippen LogP contribution >= 0.6 is 0 Å². The molecule has 2 aromatic carbocycles. The van der Waals surface area contributed by atoms with E-state index in [1.54, 1.807) is 38.3 Å². The summed E-state index contributed by atoms with van der Waals surface area (Å²) >= 11 is 0. The highest BCUT2D eigenvalue weighted by Crippen LogP contribution is 2.44. The molecule has 5 rings (SSSR count). The minimum absolute atomic E-state index is 0.190. The third kappa shape index (κ3) is 3.68. The molecule has 3 aliphatic heterocycles. The lowest BCUT2D eigenvalue weighted by Gasteiger charge is -2.55. The Kier molecular flexibility index (Phi) is 5.85. The van der Waals surface area contributed by atoms with Crippen molar-refractivity contribution < 1.29 is 27.1 Å². The van der Waals surface area contributed by atoms with Gasteiger partial charge in [0.15, 0.2) is 21.3 Å². The maximum Gasteiger partial charge on any atom is 0.337 e. The van der Waals surface area contributed by atoms with Crippen molar-refractivity contribution in [3.05, 3.63) is 52.8 Å². The quantitative estimate of drug-likeness (QED) is 0.671. The number of benzene rings is 2. The number of methoxy groups -OCH3 is 2. The van der Waals surface area contributed by atoms with Gasteiger partial charge < -0.3 is 19.7 Å². The lowest BCUT2D eigenvalue weighted by Crippen LogP contribution is -2.72. The molecule has 3 heterocycles. The molecule has 0 aromatic heterocycles. The number of ether oxygens (including phenoxy) is 2. The molecule has 36 heavy (non-hydrogen) atoms. The molecule has 1 N–H and O–H groups in total. The van der Waals surface area contributed by atoms with E-state index < -0.39 is 20.4 Å². The largest absolute Gasteiger partial charge is 0.493 e. The highest BCUT2D eigenvalue weighted by atomic mass is 32.2. The number of hydrogen-bond donors (Lipinski definition) is 1. The number of anilines is 1. The molecule has 1 atom stereocenters. The topological polar surface area (TPSA) is 101 Å². The van der Waals surface area contributed by atoms with Crippen LogP contribution in [0.25, 0.3) is 0 Å². The van der Waals surface area contributed by atoms with Gasteiger partial charge in [0.25, 0.3) is 0 Å². The molecule has 0 aliphatic carbocycles. The summed E-state index contributed by atoms with van der Waals surface area (Å²) in [5.74, 6) is 0.815. The smallest absolute Gasteiger partial charge is 0.337 e. The lowest BCUT2D eigenvalue weighted by atomic mass is 9.91. The van der Waals surface area contributed by atoms with Crippen LogP contribution in [-0.2, 0) is 16.3 Å². The molecule has 192 valence electrons. The third-order valence-electron chi connectivity index (χ3n) is 7.43. The number of hydrazone groups is 1. The van der Waals surface area contributed by atoms with Crippen molar-refractivity contribution in [3.63, 3.8) is 0 Å². The van der Waals surface area contributed by atoms with Crippen LogP contribution in [0.2, 0.25) is 0 Å². The average Bonchev–Trinajstić information content (AvgIpc) is 2.97. The molecule has 11 heteroatoms. The van der Waals surface area contributed by atoms with Gasteiger partial charge >= 0.3 is 6.03 Å². The van der Waals surface area contributed by atoms with Gasteiger partial charge in [-0.1, -0.05) is 0 Å². The SMILES string of the molecule is CNC(=O)N1N=C(c2ccc(F)c(N3CC4(CCS4(=O)=O)C3)c2)c2cc(OC)c(OC)cc2CC1C. The standard InChI is InChI=1S/C25H29FN4O5S/c1-15-9-17-11-21(34-3)22(35-4)12-18(17)23(28-30(15)24(31)27-2)16-5-6-19(26)20(10-16)29-13-25(14-29)7-8-36(25,32)33/h5-6,10-12,15H,7-9,13-14H2,1-4H3,(H,27,31). The molecular weight excluding hydrogens is 487 g/mol. The minimum atomic E-state index is -3.12. The van der Waals surface area contributed by atoms with Crippen LogP contribution in [0.15, 0.2) is 35.4 Å². The van der Waals surface area contributed by atoms with Crippen LogP contribution in [0, 0.1) is 5.82 Å². The van der Waals surface area contributed by atoms with Gasteiger partial charge in [0.05, 0.1) is 37.4 Å². The number of halogens is 1. The van der Waals surface area contributed by atoms with E-state index in [9.17, 15) is 17.6 Å². The van der Waals surface area contributed by atoms with Crippen molar-refractivity contribution in [3.8, 4) is 11.5 Å². The average molecular weight is 517 g/mol. The van der Waals surface area contributed by atoms with E-state index in [2.05, 4.69) is 5.32 Å². The number of sulfone groups is 1. The van der Waals surface area contributed by atoms with E-state index in [4.69, 9.17) is 14.6 Å². The molecule has 1 unspecified atom stereocenters. The van der Waals surface area contributed by atoms with Crippen molar-refractivity contribution in [1.82, 2.24) is 10.3 Å². The Bertz CT molecular complexity index is 1370. The van der Waals surface area contributed by atoms with Gasteiger partial charge in [0.2, 0.25) is 0 Å². The van der Waals surface area contributed by atoms with Crippen molar-refractivity contribution >= 4 is 27.3 Å². The molecular formula is C25H29FN4O5S. The minimum Gasteiger partial charge on any atom is -0.493 e. The Morgan fingerprint density at radius 3 is 2.44 bits per heavy atom. The maximum atomic E-state index is 14.9. The molecule has 9 nitrogen and oxygen atoms in total. The van der Waals surface area contributed by atoms with Crippen LogP contribution in [0.4, 0.5) is 14.9 Å². The second-order valence-corrected chi connectivity index (χ2v) is 12.0. The summed E-state index contributed by atoms with van der Waals surface area (Å²) in [5.41, 5.74) is 3.03. The molecule has 2 amide bonds. The van der Waals surface area contributed by atoms with E-state index in [0.717, 1.165) is 11.1 Å². The number of nitrogens with one attached hydrogen (secondary N) is 1. The predicted octanol–water partition coefficient (Wildman–Crippen LogP) is 2.56. The molecule has 3 aliphatic rings. The van der Waals surface area contributed by atoms with Crippen LogP contribution < -0.4 is 19.7 Å². The maximum absolute atomic E-state index is 14.9. The predicted molar refractivity (Wildman–Crippen MR) is 134 cm³/mol. The van der Waals surface area contributed by atoms with Gasteiger partial charge in [0.1, 0.15) is 10.6 Å². The summed E-state index contributed by atoms with van der Waals surface area (Å²) in [6.45, 7) is 2.44. The number of rotatable bonds is 4. The van der Waals surface area contributed by atoms with Gasteiger partial charge in [-0.25, -0.2) is 22.6 Å². The first-order valence-electron chi connectivity index (χ1n) is 11.7. The molecule has 1 spiro atoms. The molecule has 0 saturated carbocycles. The fourth-order valence-electron chi connectivity index (χ4n) is 5.18. The van der Waals surface area contributed by atoms with E-state index >= 15 is 0 Å². The normalized spacial score (nSPS) is 21.5. The first kappa shape index (κ1) is 24.4. The Hall–Kier alpha value is -3.34. The van der Waals surface area contributed by atoms with E-state index in [-0.39, 0.29) is 30.9 Å². The number of nitrogens with zero attached hydrogens (tertiary/aromatic N) is 3. The molecule has 0 bridgehead atoms. The highest BCUT2D eigenvalue weighted by Gasteiger charge is 2.59. The lowest BCUT2D eigenvalue weighted by molar-refractivity contribution is 0.184. The van der Waals surface area contributed by atoms with Gasteiger partial charge in [-0.05, 0) is 55.7 Å². The molecule has 2 saturated heterocycles. The Balaban J connectivity index is 1.61. The number of carbonyl (C=O) groups is 1. The number of carbonyl (C=O) groups excluding carboxylic acids is 1. The van der Waals surface area contributed by atoms with Crippen molar-refractivity contribution in [2.45, 2.75) is 30.6 Å². The second kappa shape index (κ2) is 8.65. The summed E-state index contributed by atoms with van der Waals surface area (Å²) in [4.78, 5) is 14.4. The van der Waals surface area contributed by atoms with Gasteiger partial charge in [-0.3, -0.25) is 0 Å². The second-order valence-electron chi connectivity index (χ2n) is 9.54. The first-order valence-corrected chi connectivity index (χ1v) is 13.4. The summed E-state index contributed by atoms with van der Waals surface area (Å²) < 4.78 is 49.7. The zero-order valence-electron chi connectivity index (χ0n) is 20.7. The molecule has 0 radical (unpaired) electrons. The summed E-state index contributed by atoms with van der Waals surface area (Å²) in [6, 6.07) is 7.70. The monoisotopic (exact) mass is 516 g/mol. The van der Waals surface area contributed by atoms with E-state index in [1.165, 1.54) is 11.1 Å². The van der Waals surface area contributed by atoms with E-state index in [1.807, 2.05) is 19.1 Å². The Morgan fingerprint density at radius 1 is 1.17 bits per heavy atom. The summed E-state index contributed by atoms with van der Waals surface area (Å²) in [6.07, 6.45) is 1.12. The van der Waals surface area contributed by atoms with Crippen LogP contribution in [0.5, 0.6) is 11.5 Å². The van der Waals surface area contributed by atoms with Crippen LogP contribution in [0.1, 0.15) is 30.0 Å². The van der Waals surface area contributed by atoms with Gasteiger partial charge in [-0.15, -0.1) is 0 Å². The summed E-state index contributed by atoms with van der Waals surface area (Å²) in [7, 11) is 1.52. The van der Waals surface area contributed by atoms with Gasteiger partial charge in [0, 0.05) is 31.3 Å². The Labute approximate surface area is 209 Å². The summed E-state index contributed by atoms with van der Waals surface area (Å²) in [5, 5.41) is 8.74. The molecule has 2 aromatic rings. The number of amides is 2. The number of urea groups is 1. The third-order valence-corrected chi connectivity index (χ3v) is 9.95. The van der Waals surface area contributed by atoms with Gasteiger partial charge in [-0.2, -0.15) is 5.10 Å². The zero-order valence-corrected chi connectivity index (χ0v) is 21.5. The van der Waals surface area contributed by atoms with E-state index in [0.29, 0.717) is 41.3 Å².